The molecule has 0 spiro atoms. The molecule has 2 aliphatic heterocycles. The largest absolute Gasteiger partial charge is 0.375 e. The van der Waals surface area contributed by atoms with Crippen molar-refractivity contribution in [2.24, 2.45) is 0 Å². The molecule has 0 bridgehead atoms. The average molecular weight is 328 g/mol. The van der Waals surface area contributed by atoms with Gasteiger partial charge < -0.3 is 20.3 Å². The van der Waals surface area contributed by atoms with Gasteiger partial charge in [0, 0.05) is 26.2 Å². The van der Waals surface area contributed by atoms with Crippen molar-refractivity contribution in [3.63, 3.8) is 0 Å². The molecule has 20 heavy (non-hydrogen) atoms. The van der Waals surface area contributed by atoms with E-state index < -0.39 is 0 Å². The number of likely N-dealkylation sites (tertiary alicyclic amines) is 1. The molecule has 2 N–H and O–H groups in total. The Balaban J connectivity index is 0.00000180. The third kappa shape index (κ3) is 7.64. The van der Waals surface area contributed by atoms with Crippen LogP contribution in [0.3, 0.4) is 0 Å². The zero-order valence-electron chi connectivity index (χ0n) is 11.9. The number of hydrogen-bond acceptors (Lipinski definition) is 4. The predicted molar refractivity (Wildman–Crippen MR) is 85.0 cm³/mol. The topological polar surface area (TPSA) is 53.6 Å². The molecular weight excluding hydrogens is 301 g/mol. The molecule has 0 saturated carbocycles. The molecule has 0 aromatic rings. The van der Waals surface area contributed by atoms with Gasteiger partial charge in [0.15, 0.2) is 0 Å². The lowest BCUT2D eigenvalue weighted by molar-refractivity contribution is -0.124. The van der Waals surface area contributed by atoms with E-state index >= 15 is 0 Å². The van der Waals surface area contributed by atoms with Gasteiger partial charge in [0.25, 0.3) is 0 Å². The van der Waals surface area contributed by atoms with Crippen molar-refractivity contribution in [1.29, 1.82) is 0 Å². The monoisotopic (exact) mass is 327 g/mol. The fourth-order valence-corrected chi connectivity index (χ4v) is 2.57. The lowest BCUT2D eigenvalue weighted by Crippen LogP contribution is -2.43. The quantitative estimate of drug-likeness (QED) is 0.784. The van der Waals surface area contributed by atoms with E-state index in [0.29, 0.717) is 13.0 Å². The number of amides is 1. The first-order chi connectivity index (χ1) is 8.84. The Labute approximate surface area is 134 Å². The summed E-state index contributed by atoms with van der Waals surface area (Å²) in [5.41, 5.74) is 0. The molecule has 2 saturated heterocycles. The van der Waals surface area contributed by atoms with E-state index in [1.165, 1.54) is 32.4 Å². The molecule has 1 unspecified atom stereocenters. The number of halogens is 2. The van der Waals surface area contributed by atoms with E-state index in [2.05, 4.69) is 15.5 Å². The maximum Gasteiger partial charge on any atom is 0.222 e. The Bertz CT molecular complexity index is 258. The van der Waals surface area contributed by atoms with Crippen molar-refractivity contribution in [3.05, 3.63) is 0 Å². The lowest BCUT2D eigenvalue weighted by Gasteiger charge is -2.26. The third-order valence-electron chi connectivity index (χ3n) is 3.62. The molecule has 0 radical (unpaired) electrons. The van der Waals surface area contributed by atoms with E-state index in [-0.39, 0.29) is 36.8 Å². The van der Waals surface area contributed by atoms with E-state index in [1.54, 1.807) is 0 Å². The molecule has 0 aromatic carbocycles. The summed E-state index contributed by atoms with van der Waals surface area (Å²) < 4.78 is 5.51. The number of nitrogens with one attached hydrogen (secondary N) is 2. The molecule has 1 amide bonds. The van der Waals surface area contributed by atoms with Crippen LogP contribution in [0.2, 0.25) is 0 Å². The molecule has 120 valence electrons. The number of carbonyl (C=O) groups is 1. The molecule has 2 fully saturated rings. The van der Waals surface area contributed by atoms with Gasteiger partial charge in [-0.25, -0.2) is 0 Å². The minimum atomic E-state index is 0. The SMILES string of the molecule is Cl.Cl.O=C(CC1CNCCO1)NCCN1CCCCC1. The van der Waals surface area contributed by atoms with Gasteiger partial charge in [-0.05, 0) is 25.9 Å². The van der Waals surface area contributed by atoms with Gasteiger partial charge in [-0.3, -0.25) is 4.79 Å². The predicted octanol–water partition coefficient (Wildman–Crippen LogP) is 0.811. The normalized spacial score (nSPS) is 23.3. The summed E-state index contributed by atoms with van der Waals surface area (Å²) in [6, 6.07) is 0. The molecule has 1 atom stereocenters. The summed E-state index contributed by atoms with van der Waals surface area (Å²) in [7, 11) is 0. The Hall–Kier alpha value is -0.0700. The van der Waals surface area contributed by atoms with E-state index in [9.17, 15) is 4.79 Å². The first kappa shape index (κ1) is 19.9. The van der Waals surface area contributed by atoms with Crippen LogP contribution in [0.1, 0.15) is 25.7 Å². The van der Waals surface area contributed by atoms with Crippen LogP contribution in [0.5, 0.6) is 0 Å². The zero-order valence-corrected chi connectivity index (χ0v) is 13.6. The van der Waals surface area contributed by atoms with E-state index in [0.717, 1.165) is 26.2 Å². The Morgan fingerprint density at radius 3 is 2.65 bits per heavy atom. The van der Waals surface area contributed by atoms with Crippen molar-refractivity contribution in [1.82, 2.24) is 15.5 Å². The van der Waals surface area contributed by atoms with Gasteiger partial charge in [-0.2, -0.15) is 0 Å². The first-order valence-corrected chi connectivity index (χ1v) is 7.16. The summed E-state index contributed by atoms with van der Waals surface area (Å²) in [6.45, 7) is 6.52. The second-order valence-electron chi connectivity index (χ2n) is 5.15. The Morgan fingerprint density at radius 1 is 1.25 bits per heavy atom. The highest BCUT2D eigenvalue weighted by Gasteiger charge is 2.17. The van der Waals surface area contributed by atoms with Crippen LogP contribution in [0.25, 0.3) is 0 Å². The van der Waals surface area contributed by atoms with Crippen molar-refractivity contribution in [2.75, 3.05) is 45.9 Å². The van der Waals surface area contributed by atoms with Gasteiger partial charge >= 0.3 is 0 Å². The molecule has 2 aliphatic rings. The van der Waals surface area contributed by atoms with Gasteiger partial charge in [-0.1, -0.05) is 6.42 Å². The summed E-state index contributed by atoms with van der Waals surface area (Å²) in [5.74, 6) is 0.112. The first-order valence-electron chi connectivity index (χ1n) is 7.16. The highest BCUT2D eigenvalue weighted by Crippen LogP contribution is 2.07. The van der Waals surface area contributed by atoms with Crippen LogP contribution >= 0.6 is 24.8 Å². The summed E-state index contributed by atoms with van der Waals surface area (Å²) in [4.78, 5) is 14.1. The number of hydrogen-bond donors (Lipinski definition) is 2. The highest BCUT2D eigenvalue weighted by atomic mass is 35.5. The molecule has 7 heteroatoms. The maximum absolute atomic E-state index is 11.7. The average Bonchev–Trinajstić information content (AvgIpc) is 2.41. The summed E-state index contributed by atoms with van der Waals surface area (Å²) >= 11 is 0. The van der Waals surface area contributed by atoms with Gasteiger partial charge in [0.2, 0.25) is 5.91 Å². The van der Waals surface area contributed by atoms with Crippen LogP contribution in [0.15, 0.2) is 0 Å². The number of nitrogens with zero attached hydrogens (tertiary/aromatic N) is 1. The molecular formula is C13H27Cl2N3O2. The number of piperidine rings is 1. The fourth-order valence-electron chi connectivity index (χ4n) is 2.57. The Kier molecular flexibility index (Phi) is 11.5. The third-order valence-corrected chi connectivity index (χ3v) is 3.62. The van der Waals surface area contributed by atoms with Gasteiger partial charge in [0.05, 0.1) is 19.1 Å². The van der Waals surface area contributed by atoms with Crippen LogP contribution in [0.4, 0.5) is 0 Å². The molecule has 5 nitrogen and oxygen atoms in total. The van der Waals surface area contributed by atoms with Gasteiger partial charge in [0.1, 0.15) is 0 Å². The number of ether oxygens (including phenoxy) is 1. The van der Waals surface area contributed by atoms with E-state index in [4.69, 9.17) is 4.74 Å². The zero-order chi connectivity index (χ0) is 12.6. The summed E-state index contributed by atoms with van der Waals surface area (Å²) in [5, 5.41) is 6.22. The van der Waals surface area contributed by atoms with Crippen molar-refractivity contribution in [3.8, 4) is 0 Å². The van der Waals surface area contributed by atoms with E-state index in [1.807, 2.05) is 0 Å². The second-order valence-corrected chi connectivity index (χ2v) is 5.15. The van der Waals surface area contributed by atoms with Crippen molar-refractivity contribution in [2.45, 2.75) is 31.8 Å². The standard InChI is InChI=1S/C13H25N3O2.2ClH/c17-13(10-12-11-14-5-9-18-12)15-4-8-16-6-2-1-3-7-16;;/h12,14H,1-11H2,(H,15,17);2*1H. The number of morpholine rings is 1. The second kappa shape index (κ2) is 11.6. The molecule has 0 aliphatic carbocycles. The number of rotatable bonds is 5. The van der Waals surface area contributed by atoms with Gasteiger partial charge in [-0.15, -0.1) is 24.8 Å². The Morgan fingerprint density at radius 2 is 2.00 bits per heavy atom. The van der Waals surface area contributed by atoms with Crippen LogP contribution in [-0.2, 0) is 9.53 Å². The van der Waals surface area contributed by atoms with Crippen LogP contribution < -0.4 is 10.6 Å². The van der Waals surface area contributed by atoms with Crippen LogP contribution in [-0.4, -0.2) is 62.8 Å². The van der Waals surface area contributed by atoms with Crippen LogP contribution in [0, 0.1) is 0 Å². The van der Waals surface area contributed by atoms with Crippen molar-refractivity contribution < 1.29 is 9.53 Å². The molecule has 2 heterocycles. The molecule has 2 rings (SSSR count). The smallest absolute Gasteiger partial charge is 0.222 e. The fraction of sp³-hybridized carbons (Fsp3) is 0.923. The highest BCUT2D eigenvalue weighted by molar-refractivity contribution is 5.85. The minimum absolute atomic E-state index is 0. The maximum atomic E-state index is 11.7. The number of carbonyl (C=O) groups excluding carboxylic acids is 1. The minimum Gasteiger partial charge on any atom is -0.375 e. The summed E-state index contributed by atoms with van der Waals surface area (Å²) in [6.07, 6.45) is 4.49. The molecule has 0 aromatic heterocycles. The van der Waals surface area contributed by atoms with Crippen molar-refractivity contribution >= 4 is 30.7 Å². The lowest BCUT2D eigenvalue weighted by atomic mass is 10.1.